The third-order valence-corrected chi connectivity index (χ3v) is 3.44. The molecular weight excluding hydrogens is 369 g/mol. The van der Waals surface area contributed by atoms with Crippen molar-refractivity contribution in [2.75, 3.05) is 12.8 Å². The summed E-state index contributed by atoms with van der Waals surface area (Å²) in [5.41, 5.74) is 7.53. The SMILES string of the molecule is COC(=O)c1cc(N)ccc1OCc1ccc(I)cc1. The lowest BCUT2D eigenvalue weighted by atomic mass is 10.1. The van der Waals surface area contributed by atoms with Gasteiger partial charge in [0.15, 0.2) is 0 Å². The van der Waals surface area contributed by atoms with E-state index in [1.807, 2.05) is 24.3 Å². The number of methoxy groups -OCH3 is 1. The number of carbonyl (C=O) groups is 1. The van der Waals surface area contributed by atoms with Crippen molar-refractivity contribution in [3.8, 4) is 5.75 Å². The Bertz CT molecular complexity index is 611. The van der Waals surface area contributed by atoms with Gasteiger partial charge in [0.1, 0.15) is 17.9 Å². The van der Waals surface area contributed by atoms with Crippen LogP contribution in [0.5, 0.6) is 5.75 Å². The van der Waals surface area contributed by atoms with Crippen molar-refractivity contribution in [1.29, 1.82) is 0 Å². The fraction of sp³-hybridized carbons (Fsp3) is 0.133. The molecular formula is C15H14INO3. The molecule has 104 valence electrons. The molecule has 0 aliphatic heterocycles. The van der Waals surface area contributed by atoms with Crippen molar-refractivity contribution in [3.05, 3.63) is 57.2 Å². The van der Waals surface area contributed by atoms with E-state index < -0.39 is 5.97 Å². The lowest BCUT2D eigenvalue weighted by molar-refractivity contribution is 0.0595. The van der Waals surface area contributed by atoms with Gasteiger partial charge in [-0.15, -0.1) is 0 Å². The average molecular weight is 383 g/mol. The highest BCUT2D eigenvalue weighted by Gasteiger charge is 2.13. The van der Waals surface area contributed by atoms with E-state index >= 15 is 0 Å². The van der Waals surface area contributed by atoms with Crippen LogP contribution in [0.1, 0.15) is 15.9 Å². The third-order valence-electron chi connectivity index (χ3n) is 2.72. The molecule has 0 saturated heterocycles. The van der Waals surface area contributed by atoms with E-state index in [0.717, 1.165) is 9.13 Å². The van der Waals surface area contributed by atoms with Crippen molar-refractivity contribution in [3.63, 3.8) is 0 Å². The molecule has 2 N–H and O–H groups in total. The monoisotopic (exact) mass is 383 g/mol. The van der Waals surface area contributed by atoms with Gasteiger partial charge in [-0.2, -0.15) is 0 Å². The van der Waals surface area contributed by atoms with Gasteiger partial charge in [-0.25, -0.2) is 4.79 Å². The summed E-state index contributed by atoms with van der Waals surface area (Å²) in [5.74, 6) is -0.000454. The normalized spacial score (nSPS) is 10.1. The summed E-state index contributed by atoms with van der Waals surface area (Å²) in [5, 5.41) is 0. The molecule has 2 rings (SSSR count). The molecule has 0 aliphatic carbocycles. The predicted octanol–water partition coefficient (Wildman–Crippen LogP) is 3.24. The van der Waals surface area contributed by atoms with Crippen LogP contribution in [-0.4, -0.2) is 13.1 Å². The highest BCUT2D eigenvalue weighted by Crippen LogP contribution is 2.23. The number of esters is 1. The fourth-order valence-electron chi connectivity index (χ4n) is 1.68. The summed E-state index contributed by atoms with van der Waals surface area (Å²) in [6.45, 7) is 0.380. The van der Waals surface area contributed by atoms with Crippen molar-refractivity contribution in [2.45, 2.75) is 6.61 Å². The number of anilines is 1. The molecule has 2 aromatic rings. The summed E-state index contributed by atoms with van der Waals surface area (Å²) in [7, 11) is 1.33. The van der Waals surface area contributed by atoms with E-state index in [2.05, 4.69) is 22.6 Å². The van der Waals surface area contributed by atoms with Crippen LogP contribution in [-0.2, 0) is 11.3 Å². The molecule has 0 aromatic heterocycles. The Hall–Kier alpha value is -1.76. The molecule has 0 spiro atoms. The number of hydrogen-bond donors (Lipinski definition) is 1. The predicted molar refractivity (Wildman–Crippen MR) is 85.7 cm³/mol. The highest BCUT2D eigenvalue weighted by atomic mass is 127. The topological polar surface area (TPSA) is 61.5 Å². The summed E-state index contributed by atoms with van der Waals surface area (Å²) in [6.07, 6.45) is 0. The maximum Gasteiger partial charge on any atom is 0.341 e. The molecule has 5 heteroatoms. The first kappa shape index (κ1) is 14.6. The number of ether oxygens (including phenoxy) is 2. The molecule has 4 nitrogen and oxygen atoms in total. The number of halogens is 1. The van der Waals surface area contributed by atoms with E-state index in [-0.39, 0.29) is 0 Å². The zero-order valence-electron chi connectivity index (χ0n) is 10.9. The third kappa shape index (κ3) is 3.63. The number of nitrogens with two attached hydrogens (primary N) is 1. The van der Waals surface area contributed by atoms with E-state index in [1.165, 1.54) is 7.11 Å². The summed E-state index contributed by atoms with van der Waals surface area (Å²) >= 11 is 2.24. The second-order valence-electron chi connectivity index (χ2n) is 4.16. The minimum Gasteiger partial charge on any atom is -0.488 e. The quantitative estimate of drug-likeness (QED) is 0.500. The number of benzene rings is 2. The Morgan fingerprint density at radius 1 is 1.20 bits per heavy atom. The highest BCUT2D eigenvalue weighted by molar-refractivity contribution is 14.1. The second kappa shape index (κ2) is 6.60. The van der Waals surface area contributed by atoms with E-state index in [9.17, 15) is 4.79 Å². The Morgan fingerprint density at radius 2 is 1.90 bits per heavy atom. The smallest absolute Gasteiger partial charge is 0.341 e. The number of rotatable bonds is 4. The van der Waals surface area contributed by atoms with Gasteiger partial charge in [-0.05, 0) is 58.5 Å². The molecule has 0 saturated carbocycles. The minimum absolute atomic E-state index is 0.331. The molecule has 20 heavy (non-hydrogen) atoms. The zero-order valence-corrected chi connectivity index (χ0v) is 13.1. The summed E-state index contributed by atoms with van der Waals surface area (Å²) in [4.78, 5) is 11.7. The van der Waals surface area contributed by atoms with Crippen LogP contribution in [0.4, 0.5) is 5.69 Å². The van der Waals surface area contributed by atoms with Crippen molar-refractivity contribution < 1.29 is 14.3 Å². The van der Waals surface area contributed by atoms with Crippen molar-refractivity contribution in [1.82, 2.24) is 0 Å². The van der Waals surface area contributed by atoms with Crippen molar-refractivity contribution >= 4 is 34.2 Å². The summed E-state index contributed by atoms with van der Waals surface area (Å²) in [6, 6.07) is 12.9. The van der Waals surface area contributed by atoms with E-state index in [4.69, 9.17) is 15.2 Å². The van der Waals surface area contributed by atoms with Gasteiger partial charge in [0.2, 0.25) is 0 Å². The van der Waals surface area contributed by atoms with Crippen molar-refractivity contribution in [2.24, 2.45) is 0 Å². The number of carbonyl (C=O) groups excluding carboxylic acids is 1. The van der Waals surface area contributed by atoms with Crippen LogP contribution in [0, 0.1) is 3.57 Å². The van der Waals surface area contributed by atoms with Crippen LogP contribution in [0.2, 0.25) is 0 Å². The van der Waals surface area contributed by atoms with Gasteiger partial charge in [0, 0.05) is 9.26 Å². The Labute approximate surface area is 131 Å². The first-order valence-electron chi connectivity index (χ1n) is 5.95. The average Bonchev–Trinajstić information content (AvgIpc) is 2.46. The second-order valence-corrected chi connectivity index (χ2v) is 5.41. The van der Waals surface area contributed by atoms with Gasteiger partial charge >= 0.3 is 5.97 Å². The molecule has 0 bridgehead atoms. The van der Waals surface area contributed by atoms with E-state index in [0.29, 0.717) is 23.6 Å². The number of nitrogen functional groups attached to an aromatic ring is 1. The van der Waals surface area contributed by atoms with Crippen LogP contribution in [0.15, 0.2) is 42.5 Å². The maximum absolute atomic E-state index is 11.7. The van der Waals surface area contributed by atoms with E-state index in [1.54, 1.807) is 18.2 Å². The molecule has 0 radical (unpaired) electrons. The van der Waals surface area contributed by atoms with Gasteiger partial charge in [0.25, 0.3) is 0 Å². The zero-order chi connectivity index (χ0) is 14.5. The Morgan fingerprint density at radius 3 is 2.55 bits per heavy atom. The molecule has 0 amide bonds. The maximum atomic E-state index is 11.7. The first-order valence-corrected chi connectivity index (χ1v) is 7.03. The van der Waals surface area contributed by atoms with Crippen LogP contribution < -0.4 is 10.5 Å². The molecule has 0 fully saturated rings. The molecule has 0 atom stereocenters. The van der Waals surface area contributed by atoms with Gasteiger partial charge in [-0.1, -0.05) is 12.1 Å². The number of hydrogen-bond acceptors (Lipinski definition) is 4. The summed E-state index contributed by atoms with van der Waals surface area (Å²) < 4.78 is 11.6. The Balaban J connectivity index is 2.16. The standard InChI is InChI=1S/C15H14INO3/c1-19-15(18)13-8-12(17)6-7-14(13)20-9-10-2-4-11(16)5-3-10/h2-8H,9,17H2,1H3. The largest absolute Gasteiger partial charge is 0.488 e. The lowest BCUT2D eigenvalue weighted by Crippen LogP contribution is -2.06. The molecule has 2 aromatic carbocycles. The molecule has 0 heterocycles. The fourth-order valence-corrected chi connectivity index (χ4v) is 2.04. The van der Waals surface area contributed by atoms with Gasteiger partial charge in [-0.3, -0.25) is 0 Å². The minimum atomic E-state index is -0.463. The van der Waals surface area contributed by atoms with Crippen LogP contribution in [0.25, 0.3) is 0 Å². The lowest BCUT2D eigenvalue weighted by Gasteiger charge is -2.11. The van der Waals surface area contributed by atoms with Gasteiger partial charge < -0.3 is 15.2 Å². The molecule has 0 aliphatic rings. The Kier molecular flexibility index (Phi) is 4.84. The first-order chi connectivity index (χ1) is 9.60. The van der Waals surface area contributed by atoms with Crippen LogP contribution in [0.3, 0.4) is 0 Å². The molecule has 0 unspecified atom stereocenters. The van der Waals surface area contributed by atoms with Crippen LogP contribution >= 0.6 is 22.6 Å². The van der Waals surface area contributed by atoms with Gasteiger partial charge in [0.05, 0.1) is 7.11 Å².